The van der Waals surface area contributed by atoms with Crippen LogP contribution in [0.5, 0.6) is 0 Å². The van der Waals surface area contributed by atoms with Crippen LogP contribution < -0.4 is 21.7 Å². The van der Waals surface area contributed by atoms with Gasteiger partial charge in [0.05, 0.1) is 6.04 Å². The van der Waals surface area contributed by atoms with Crippen LogP contribution in [-0.2, 0) is 19.2 Å². The highest BCUT2D eigenvalue weighted by molar-refractivity contribution is 5.94. The number of amides is 3. The maximum Gasteiger partial charge on any atom is 0.326 e. The van der Waals surface area contributed by atoms with E-state index in [-0.39, 0.29) is 23.7 Å². The summed E-state index contributed by atoms with van der Waals surface area (Å²) in [7, 11) is 0. The van der Waals surface area contributed by atoms with Gasteiger partial charge in [0.1, 0.15) is 18.1 Å². The summed E-state index contributed by atoms with van der Waals surface area (Å²) in [5.41, 5.74) is 6.01. The number of carboxylic acids is 1. The van der Waals surface area contributed by atoms with Gasteiger partial charge in [0.15, 0.2) is 0 Å². The molecule has 0 saturated carbocycles. The zero-order chi connectivity index (χ0) is 25.2. The van der Waals surface area contributed by atoms with Crippen LogP contribution in [0.1, 0.15) is 74.7 Å². The third-order valence-corrected chi connectivity index (χ3v) is 5.92. The average molecular weight is 457 g/mol. The molecular formula is C23H44N4O5. The van der Waals surface area contributed by atoms with Gasteiger partial charge in [-0.15, -0.1) is 0 Å². The third-order valence-electron chi connectivity index (χ3n) is 5.92. The first-order valence-corrected chi connectivity index (χ1v) is 11.7. The van der Waals surface area contributed by atoms with Gasteiger partial charge in [-0.2, -0.15) is 0 Å². The van der Waals surface area contributed by atoms with Crippen LogP contribution >= 0.6 is 0 Å². The quantitative estimate of drug-likeness (QED) is 0.268. The maximum atomic E-state index is 13.0. The van der Waals surface area contributed by atoms with Gasteiger partial charge in [-0.05, 0) is 30.1 Å². The van der Waals surface area contributed by atoms with Crippen molar-refractivity contribution in [1.29, 1.82) is 0 Å². The maximum absolute atomic E-state index is 13.0. The molecule has 0 spiro atoms. The second kappa shape index (κ2) is 14.1. The fourth-order valence-corrected chi connectivity index (χ4v) is 3.20. The van der Waals surface area contributed by atoms with Crippen LogP contribution in [0.25, 0.3) is 0 Å². The minimum Gasteiger partial charge on any atom is -0.480 e. The van der Waals surface area contributed by atoms with E-state index in [1.54, 1.807) is 20.8 Å². The molecule has 0 bridgehead atoms. The van der Waals surface area contributed by atoms with Crippen molar-refractivity contribution < 1.29 is 24.3 Å². The first-order chi connectivity index (χ1) is 14.8. The van der Waals surface area contributed by atoms with Gasteiger partial charge in [-0.1, -0.05) is 68.2 Å². The van der Waals surface area contributed by atoms with Gasteiger partial charge in [-0.3, -0.25) is 14.4 Å². The van der Waals surface area contributed by atoms with Crippen molar-refractivity contribution in [2.24, 2.45) is 29.4 Å². The molecule has 6 atom stereocenters. The summed E-state index contributed by atoms with van der Waals surface area (Å²) in [4.78, 5) is 50.0. The molecule has 0 saturated heterocycles. The van der Waals surface area contributed by atoms with Gasteiger partial charge >= 0.3 is 5.97 Å². The van der Waals surface area contributed by atoms with Crippen molar-refractivity contribution in [3.8, 4) is 0 Å². The smallest absolute Gasteiger partial charge is 0.326 e. The lowest BCUT2D eigenvalue weighted by molar-refractivity contribution is -0.144. The average Bonchev–Trinajstić information content (AvgIpc) is 2.72. The van der Waals surface area contributed by atoms with E-state index in [0.717, 1.165) is 6.42 Å². The van der Waals surface area contributed by atoms with Crippen molar-refractivity contribution in [1.82, 2.24) is 16.0 Å². The van der Waals surface area contributed by atoms with Gasteiger partial charge in [0, 0.05) is 0 Å². The summed E-state index contributed by atoms with van der Waals surface area (Å²) in [6, 6.07) is -3.58. The predicted molar refractivity (Wildman–Crippen MR) is 125 cm³/mol. The second-order valence-electron chi connectivity index (χ2n) is 9.54. The van der Waals surface area contributed by atoms with Crippen LogP contribution in [0.3, 0.4) is 0 Å². The molecule has 3 amide bonds. The Kier molecular flexibility index (Phi) is 13.1. The summed E-state index contributed by atoms with van der Waals surface area (Å²) in [5, 5.41) is 17.5. The lowest BCUT2D eigenvalue weighted by atomic mass is 9.96. The Morgan fingerprint density at radius 2 is 1.25 bits per heavy atom. The topological polar surface area (TPSA) is 151 Å². The van der Waals surface area contributed by atoms with Crippen molar-refractivity contribution in [2.75, 3.05) is 0 Å². The molecular weight excluding hydrogens is 412 g/mol. The number of hydrogen-bond acceptors (Lipinski definition) is 5. The highest BCUT2D eigenvalue weighted by Gasteiger charge is 2.33. The summed E-state index contributed by atoms with van der Waals surface area (Å²) in [6.45, 7) is 14.8. The van der Waals surface area contributed by atoms with E-state index in [1.807, 2.05) is 34.6 Å². The first-order valence-electron chi connectivity index (χ1n) is 11.7. The number of rotatable bonds is 14. The van der Waals surface area contributed by atoms with E-state index >= 15 is 0 Å². The van der Waals surface area contributed by atoms with E-state index < -0.39 is 47.9 Å². The lowest BCUT2D eigenvalue weighted by Gasteiger charge is -2.29. The number of aliphatic carboxylic acids is 1. The van der Waals surface area contributed by atoms with E-state index in [2.05, 4.69) is 16.0 Å². The molecule has 0 aliphatic heterocycles. The molecule has 0 aliphatic rings. The van der Waals surface area contributed by atoms with Crippen molar-refractivity contribution in [2.45, 2.75) is 98.8 Å². The zero-order valence-electron chi connectivity index (χ0n) is 20.9. The number of hydrogen-bond donors (Lipinski definition) is 5. The van der Waals surface area contributed by atoms with E-state index in [0.29, 0.717) is 12.8 Å². The largest absolute Gasteiger partial charge is 0.480 e. The van der Waals surface area contributed by atoms with Crippen LogP contribution in [-0.4, -0.2) is 53.0 Å². The SMILES string of the molecule is CCC(C)C(N)C(=O)NC(CC(C)C)C(=O)NC(C(=O)NC(C(=O)O)C(C)CC)C(C)C. The Labute approximate surface area is 192 Å². The van der Waals surface area contributed by atoms with Crippen LogP contribution in [0.4, 0.5) is 0 Å². The molecule has 0 aromatic rings. The summed E-state index contributed by atoms with van der Waals surface area (Å²) in [5.74, 6) is -3.07. The molecule has 0 heterocycles. The van der Waals surface area contributed by atoms with E-state index in [9.17, 15) is 24.3 Å². The van der Waals surface area contributed by atoms with Gasteiger partial charge < -0.3 is 26.8 Å². The van der Waals surface area contributed by atoms with E-state index in [1.165, 1.54) is 0 Å². The Hall–Kier alpha value is -2.16. The molecule has 0 aromatic carbocycles. The van der Waals surface area contributed by atoms with Crippen LogP contribution in [0, 0.1) is 23.7 Å². The van der Waals surface area contributed by atoms with Crippen LogP contribution in [0.15, 0.2) is 0 Å². The molecule has 6 N–H and O–H groups in total. The first kappa shape index (κ1) is 29.8. The Morgan fingerprint density at radius 1 is 0.750 bits per heavy atom. The van der Waals surface area contributed by atoms with Gasteiger partial charge in [-0.25, -0.2) is 4.79 Å². The second-order valence-corrected chi connectivity index (χ2v) is 9.54. The fraction of sp³-hybridized carbons (Fsp3) is 0.826. The number of nitrogens with one attached hydrogen (secondary N) is 3. The fourth-order valence-electron chi connectivity index (χ4n) is 3.20. The summed E-state index contributed by atoms with van der Waals surface area (Å²) in [6.07, 6.45) is 1.68. The Balaban J connectivity index is 5.50. The molecule has 0 fully saturated rings. The predicted octanol–water partition coefficient (Wildman–Crippen LogP) is 1.65. The molecule has 186 valence electrons. The number of carbonyl (C=O) groups is 4. The molecule has 9 nitrogen and oxygen atoms in total. The number of carbonyl (C=O) groups excluding carboxylic acids is 3. The third kappa shape index (κ3) is 9.54. The monoisotopic (exact) mass is 456 g/mol. The van der Waals surface area contributed by atoms with Crippen molar-refractivity contribution in [3.63, 3.8) is 0 Å². The molecule has 0 aromatic heterocycles. The minimum atomic E-state index is -1.12. The highest BCUT2D eigenvalue weighted by Crippen LogP contribution is 2.12. The molecule has 32 heavy (non-hydrogen) atoms. The normalized spacial score (nSPS) is 17.1. The lowest BCUT2D eigenvalue weighted by Crippen LogP contribution is -2.59. The number of nitrogens with two attached hydrogens (primary N) is 1. The van der Waals surface area contributed by atoms with Crippen molar-refractivity contribution >= 4 is 23.7 Å². The number of carboxylic acid groups (broad SMARTS) is 1. The molecule has 6 unspecified atom stereocenters. The van der Waals surface area contributed by atoms with Gasteiger partial charge in [0.25, 0.3) is 0 Å². The molecule has 9 heteroatoms. The summed E-state index contributed by atoms with van der Waals surface area (Å²) < 4.78 is 0. The van der Waals surface area contributed by atoms with Crippen LogP contribution in [0.2, 0.25) is 0 Å². The Morgan fingerprint density at radius 3 is 1.66 bits per heavy atom. The van der Waals surface area contributed by atoms with Gasteiger partial charge in [0.2, 0.25) is 17.7 Å². The molecule has 0 aliphatic carbocycles. The van der Waals surface area contributed by atoms with Crippen molar-refractivity contribution in [3.05, 3.63) is 0 Å². The molecule has 0 rings (SSSR count). The molecule has 0 radical (unpaired) electrons. The minimum absolute atomic E-state index is 0.0412. The summed E-state index contributed by atoms with van der Waals surface area (Å²) >= 11 is 0. The highest BCUT2D eigenvalue weighted by atomic mass is 16.4. The Bertz CT molecular complexity index is 638. The zero-order valence-corrected chi connectivity index (χ0v) is 20.9. The van der Waals surface area contributed by atoms with E-state index in [4.69, 9.17) is 5.73 Å². The standard InChI is InChI=1S/C23H44N4O5/c1-9-14(7)17(24)21(29)25-16(11-12(3)4)20(28)26-18(13(5)6)22(30)27-19(23(31)32)15(8)10-2/h12-19H,9-11,24H2,1-8H3,(H,25,29)(H,26,28)(H,27,30)(H,31,32).